The Morgan fingerprint density at radius 1 is 1.71 bits per heavy atom. The Balaban J connectivity index is 2.52. The zero-order valence-electron chi connectivity index (χ0n) is 8.24. The van der Waals surface area contributed by atoms with Crippen molar-refractivity contribution in [2.45, 2.75) is 26.4 Å². The Bertz CT molecular complexity index is 308. The molecule has 1 unspecified atom stereocenters. The van der Waals surface area contributed by atoms with E-state index >= 15 is 0 Å². The maximum absolute atomic E-state index is 11.3. The number of H-pyrrole nitrogens is 1. The predicted octanol–water partition coefficient (Wildman–Crippen LogP) is -0.522. The van der Waals surface area contributed by atoms with E-state index in [1.807, 2.05) is 6.92 Å². The van der Waals surface area contributed by atoms with E-state index in [0.29, 0.717) is 12.2 Å². The summed E-state index contributed by atoms with van der Waals surface area (Å²) in [5.74, 6) is 0.413. The van der Waals surface area contributed by atoms with Gasteiger partial charge in [-0.1, -0.05) is 6.92 Å². The van der Waals surface area contributed by atoms with E-state index in [0.717, 1.165) is 0 Å². The molecule has 1 rings (SSSR count). The first-order valence-corrected chi connectivity index (χ1v) is 4.51. The fourth-order valence-electron chi connectivity index (χ4n) is 0.874. The van der Waals surface area contributed by atoms with E-state index in [1.54, 1.807) is 6.92 Å². The highest BCUT2D eigenvalue weighted by Crippen LogP contribution is 1.93. The molecular formula is C8H14N4O2. The Morgan fingerprint density at radius 2 is 2.43 bits per heavy atom. The van der Waals surface area contributed by atoms with Crippen molar-refractivity contribution in [3.05, 3.63) is 11.6 Å². The summed E-state index contributed by atoms with van der Waals surface area (Å²) in [5.41, 5.74) is 0. The molecule has 0 aliphatic carbocycles. The SMILES string of the molecule is CCc1nc(C(=O)NCC(C)O)n[nH]1. The molecular weight excluding hydrogens is 184 g/mol. The molecule has 1 atom stereocenters. The lowest BCUT2D eigenvalue weighted by Gasteiger charge is -2.03. The summed E-state index contributed by atoms with van der Waals surface area (Å²) in [5, 5.41) is 17.8. The van der Waals surface area contributed by atoms with Gasteiger partial charge < -0.3 is 10.4 Å². The average molecular weight is 198 g/mol. The predicted molar refractivity (Wildman–Crippen MR) is 49.8 cm³/mol. The smallest absolute Gasteiger partial charge is 0.291 e. The quantitative estimate of drug-likeness (QED) is 0.607. The Morgan fingerprint density at radius 3 is 2.93 bits per heavy atom. The van der Waals surface area contributed by atoms with Crippen molar-refractivity contribution >= 4 is 5.91 Å². The fraction of sp³-hybridized carbons (Fsp3) is 0.625. The summed E-state index contributed by atoms with van der Waals surface area (Å²) in [6.45, 7) is 3.71. The number of aryl methyl sites for hydroxylation is 1. The highest BCUT2D eigenvalue weighted by Gasteiger charge is 2.11. The van der Waals surface area contributed by atoms with Gasteiger partial charge in [-0.3, -0.25) is 9.89 Å². The molecule has 0 aliphatic heterocycles. The van der Waals surface area contributed by atoms with Crippen LogP contribution in [0, 0.1) is 0 Å². The van der Waals surface area contributed by atoms with E-state index in [2.05, 4.69) is 20.5 Å². The zero-order valence-corrected chi connectivity index (χ0v) is 8.24. The number of aliphatic hydroxyl groups excluding tert-OH is 1. The van der Waals surface area contributed by atoms with Gasteiger partial charge in [0.25, 0.3) is 5.91 Å². The second-order valence-corrected chi connectivity index (χ2v) is 3.02. The lowest BCUT2D eigenvalue weighted by Crippen LogP contribution is -2.31. The van der Waals surface area contributed by atoms with E-state index in [9.17, 15) is 4.79 Å². The molecule has 0 aromatic carbocycles. The number of carbonyl (C=O) groups excluding carboxylic acids is 1. The number of hydrogen-bond acceptors (Lipinski definition) is 4. The molecule has 0 bridgehead atoms. The van der Waals surface area contributed by atoms with Gasteiger partial charge in [-0.05, 0) is 6.92 Å². The summed E-state index contributed by atoms with van der Waals surface area (Å²) in [6.07, 6.45) is 0.139. The van der Waals surface area contributed by atoms with Crippen LogP contribution in [0.15, 0.2) is 0 Å². The van der Waals surface area contributed by atoms with Gasteiger partial charge in [0, 0.05) is 13.0 Å². The van der Waals surface area contributed by atoms with Gasteiger partial charge in [0.05, 0.1) is 6.10 Å². The number of amides is 1. The molecule has 1 aromatic heterocycles. The van der Waals surface area contributed by atoms with Crippen LogP contribution in [0.5, 0.6) is 0 Å². The van der Waals surface area contributed by atoms with Crippen molar-refractivity contribution in [3.63, 3.8) is 0 Å². The number of nitrogens with zero attached hydrogens (tertiary/aromatic N) is 2. The highest BCUT2D eigenvalue weighted by atomic mass is 16.3. The first-order valence-electron chi connectivity index (χ1n) is 4.51. The minimum Gasteiger partial charge on any atom is -0.392 e. The van der Waals surface area contributed by atoms with Gasteiger partial charge in [0.1, 0.15) is 5.82 Å². The highest BCUT2D eigenvalue weighted by molar-refractivity contribution is 5.90. The zero-order chi connectivity index (χ0) is 10.6. The van der Waals surface area contributed by atoms with Crippen LogP contribution in [-0.2, 0) is 6.42 Å². The van der Waals surface area contributed by atoms with Crippen molar-refractivity contribution in [2.75, 3.05) is 6.54 Å². The first-order chi connectivity index (χ1) is 6.63. The van der Waals surface area contributed by atoms with Crippen LogP contribution in [0.4, 0.5) is 0 Å². The number of aliphatic hydroxyl groups is 1. The largest absolute Gasteiger partial charge is 0.392 e. The monoisotopic (exact) mass is 198 g/mol. The van der Waals surface area contributed by atoms with E-state index in [1.165, 1.54) is 0 Å². The van der Waals surface area contributed by atoms with Crippen molar-refractivity contribution in [1.82, 2.24) is 20.5 Å². The van der Waals surface area contributed by atoms with Gasteiger partial charge in [0.15, 0.2) is 0 Å². The van der Waals surface area contributed by atoms with Gasteiger partial charge in [-0.2, -0.15) is 0 Å². The lowest BCUT2D eigenvalue weighted by molar-refractivity contribution is 0.0914. The maximum Gasteiger partial charge on any atom is 0.291 e. The van der Waals surface area contributed by atoms with Gasteiger partial charge >= 0.3 is 0 Å². The number of hydrogen-bond donors (Lipinski definition) is 3. The summed E-state index contributed by atoms with van der Waals surface area (Å²) < 4.78 is 0. The third-order valence-corrected chi connectivity index (χ3v) is 1.63. The standard InChI is InChI=1S/C8H14N4O2/c1-3-6-10-7(12-11-6)8(14)9-4-5(2)13/h5,13H,3-4H2,1-2H3,(H,9,14)(H,10,11,12). The number of aromatic nitrogens is 3. The molecule has 3 N–H and O–H groups in total. The molecule has 6 nitrogen and oxygen atoms in total. The lowest BCUT2D eigenvalue weighted by atomic mass is 10.4. The molecule has 0 fully saturated rings. The van der Waals surface area contributed by atoms with Crippen molar-refractivity contribution in [3.8, 4) is 0 Å². The molecule has 0 saturated carbocycles. The molecule has 0 radical (unpaired) electrons. The summed E-state index contributed by atoms with van der Waals surface area (Å²) in [4.78, 5) is 15.3. The van der Waals surface area contributed by atoms with Crippen LogP contribution < -0.4 is 5.32 Å². The topological polar surface area (TPSA) is 90.9 Å². The van der Waals surface area contributed by atoms with Crippen LogP contribution in [0.1, 0.15) is 30.3 Å². The minimum absolute atomic E-state index is 0.113. The first kappa shape index (κ1) is 10.6. The number of aromatic amines is 1. The number of carbonyl (C=O) groups is 1. The number of rotatable bonds is 4. The van der Waals surface area contributed by atoms with Gasteiger partial charge in [-0.25, -0.2) is 4.98 Å². The van der Waals surface area contributed by atoms with Crippen LogP contribution in [0.25, 0.3) is 0 Å². The Kier molecular flexibility index (Phi) is 3.58. The normalized spacial score (nSPS) is 12.5. The molecule has 1 aromatic rings. The van der Waals surface area contributed by atoms with Gasteiger partial charge in [0.2, 0.25) is 5.82 Å². The second-order valence-electron chi connectivity index (χ2n) is 3.02. The molecule has 14 heavy (non-hydrogen) atoms. The average Bonchev–Trinajstić information content (AvgIpc) is 2.62. The van der Waals surface area contributed by atoms with Crippen molar-refractivity contribution in [1.29, 1.82) is 0 Å². The van der Waals surface area contributed by atoms with E-state index in [-0.39, 0.29) is 18.3 Å². The molecule has 1 amide bonds. The van der Waals surface area contributed by atoms with E-state index < -0.39 is 6.10 Å². The van der Waals surface area contributed by atoms with E-state index in [4.69, 9.17) is 5.11 Å². The molecule has 0 saturated heterocycles. The fourth-order valence-corrected chi connectivity index (χ4v) is 0.874. The van der Waals surface area contributed by atoms with Crippen LogP contribution in [0.2, 0.25) is 0 Å². The molecule has 0 spiro atoms. The molecule has 0 aliphatic rings. The van der Waals surface area contributed by atoms with Gasteiger partial charge in [-0.15, -0.1) is 5.10 Å². The maximum atomic E-state index is 11.3. The summed E-state index contributed by atoms with van der Waals surface area (Å²) >= 11 is 0. The third kappa shape index (κ3) is 2.81. The second kappa shape index (κ2) is 4.71. The molecule has 6 heteroatoms. The van der Waals surface area contributed by atoms with Crippen LogP contribution in [0.3, 0.4) is 0 Å². The molecule has 1 heterocycles. The minimum atomic E-state index is -0.566. The third-order valence-electron chi connectivity index (χ3n) is 1.63. The van der Waals surface area contributed by atoms with Crippen LogP contribution >= 0.6 is 0 Å². The Hall–Kier alpha value is -1.43. The number of nitrogens with one attached hydrogen (secondary N) is 2. The van der Waals surface area contributed by atoms with Crippen molar-refractivity contribution in [2.24, 2.45) is 0 Å². The Labute approximate surface area is 81.7 Å². The molecule has 78 valence electrons. The van der Waals surface area contributed by atoms with Crippen LogP contribution in [-0.4, -0.2) is 38.8 Å². The van der Waals surface area contributed by atoms with Crippen molar-refractivity contribution < 1.29 is 9.90 Å². The summed E-state index contributed by atoms with van der Waals surface area (Å²) in [7, 11) is 0. The summed E-state index contributed by atoms with van der Waals surface area (Å²) in [6, 6.07) is 0.